The van der Waals surface area contributed by atoms with Crippen LogP contribution in [-0.4, -0.2) is 17.0 Å². The predicted molar refractivity (Wildman–Crippen MR) is 75.3 cm³/mol. The van der Waals surface area contributed by atoms with Gasteiger partial charge in [0.2, 0.25) is 0 Å². The lowest BCUT2D eigenvalue weighted by atomic mass is 10.1. The fourth-order valence-electron chi connectivity index (χ4n) is 1.93. The Morgan fingerprint density at radius 3 is 2.68 bits per heavy atom. The van der Waals surface area contributed by atoms with E-state index < -0.39 is 0 Å². The summed E-state index contributed by atoms with van der Waals surface area (Å²) in [6.07, 6.45) is 3.33. The highest BCUT2D eigenvalue weighted by Crippen LogP contribution is 2.24. The Morgan fingerprint density at radius 1 is 1.21 bits per heavy atom. The van der Waals surface area contributed by atoms with E-state index in [0.29, 0.717) is 11.5 Å². The van der Waals surface area contributed by atoms with Gasteiger partial charge in [0, 0.05) is 18.3 Å². The van der Waals surface area contributed by atoms with E-state index in [4.69, 9.17) is 0 Å². The van der Waals surface area contributed by atoms with Crippen molar-refractivity contribution in [3.8, 4) is 0 Å². The van der Waals surface area contributed by atoms with Gasteiger partial charge in [-0.2, -0.15) is 0 Å². The van der Waals surface area contributed by atoms with Gasteiger partial charge >= 0.3 is 0 Å². The standard InChI is InChI=1S/C14H17FN4/c1-3-5-12-13(16-2)17-9-18-14(12)19-11-7-4-6-10(15)8-11/h4,6-9H,3,5H2,1-2H3,(H2,16,17,18,19). The van der Waals surface area contributed by atoms with Crippen molar-refractivity contribution in [3.63, 3.8) is 0 Å². The number of benzene rings is 1. The van der Waals surface area contributed by atoms with Crippen LogP contribution in [0.15, 0.2) is 30.6 Å². The summed E-state index contributed by atoms with van der Waals surface area (Å²) < 4.78 is 13.2. The van der Waals surface area contributed by atoms with Crippen LogP contribution in [0, 0.1) is 5.82 Å². The number of nitrogens with one attached hydrogen (secondary N) is 2. The molecule has 4 nitrogen and oxygen atoms in total. The SMILES string of the molecule is CCCc1c(NC)ncnc1Nc1cccc(F)c1. The third kappa shape index (κ3) is 3.19. The fourth-order valence-corrected chi connectivity index (χ4v) is 1.93. The van der Waals surface area contributed by atoms with E-state index in [1.807, 2.05) is 7.05 Å². The first-order valence-electron chi connectivity index (χ1n) is 6.28. The molecule has 100 valence electrons. The molecule has 0 saturated heterocycles. The van der Waals surface area contributed by atoms with Gasteiger partial charge < -0.3 is 10.6 Å². The quantitative estimate of drug-likeness (QED) is 0.865. The second-order valence-electron chi connectivity index (χ2n) is 4.18. The minimum absolute atomic E-state index is 0.273. The number of nitrogens with zero attached hydrogens (tertiary/aromatic N) is 2. The van der Waals surface area contributed by atoms with E-state index >= 15 is 0 Å². The monoisotopic (exact) mass is 260 g/mol. The van der Waals surface area contributed by atoms with E-state index in [1.54, 1.807) is 12.1 Å². The molecule has 0 saturated carbocycles. The molecule has 0 fully saturated rings. The van der Waals surface area contributed by atoms with Gasteiger partial charge in [0.05, 0.1) is 0 Å². The van der Waals surface area contributed by atoms with Crippen molar-refractivity contribution in [2.45, 2.75) is 19.8 Å². The summed E-state index contributed by atoms with van der Waals surface area (Å²) in [6.45, 7) is 2.10. The molecule has 1 aromatic heterocycles. The number of anilines is 3. The molecule has 2 N–H and O–H groups in total. The molecule has 19 heavy (non-hydrogen) atoms. The smallest absolute Gasteiger partial charge is 0.139 e. The lowest BCUT2D eigenvalue weighted by Crippen LogP contribution is -2.05. The summed E-state index contributed by atoms with van der Waals surface area (Å²) in [6, 6.07) is 6.32. The molecule has 0 bridgehead atoms. The number of halogens is 1. The van der Waals surface area contributed by atoms with Crippen molar-refractivity contribution in [2.24, 2.45) is 0 Å². The van der Waals surface area contributed by atoms with Gasteiger partial charge in [-0.3, -0.25) is 0 Å². The van der Waals surface area contributed by atoms with Crippen LogP contribution in [0.4, 0.5) is 21.7 Å². The van der Waals surface area contributed by atoms with Gasteiger partial charge in [-0.05, 0) is 24.6 Å². The highest BCUT2D eigenvalue weighted by atomic mass is 19.1. The van der Waals surface area contributed by atoms with Crippen LogP contribution in [0.3, 0.4) is 0 Å². The normalized spacial score (nSPS) is 10.3. The first kappa shape index (κ1) is 13.3. The second kappa shape index (κ2) is 6.13. The molecule has 2 rings (SSSR count). The molecule has 0 aliphatic carbocycles. The van der Waals surface area contributed by atoms with Crippen LogP contribution in [0.25, 0.3) is 0 Å². The topological polar surface area (TPSA) is 49.8 Å². The van der Waals surface area contributed by atoms with Crippen molar-refractivity contribution in [1.29, 1.82) is 0 Å². The molecular weight excluding hydrogens is 243 g/mol. The van der Waals surface area contributed by atoms with Gasteiger partial charge in [-0.15, -0.1) is 0 Å². The van der Waals surface area contributed by atoms with Gasteiger partial charge in [0.15, 0.2) is 0 Å². The zero-order valence-corrected chi connectivity index (χ0v) is 11.1. The predicted octanol–water partition coefficient (Wildman–Crippen LogP) is 3.35. The third-order valence-electron chi connectivity index (χ3n) is 2.77. The Balaban J connectivity index is 2.33. The summed E-state index contributed by atoms with van der Waals surface area (Å²) in [7, 11) is 1.83. The Bertz CT molecular complexity index is 557. The Labute approximate surface area is 112 Å². The Morgan fingerprint density at radius 2 is 2.00 bits per heavy atom. The minimum Gasteiger partial charge on any atom is -0.373 e. The lowest BCUT2D eigenvalue weighted by Gasteiger charge is -2.13. The summed E-state index contributed by atoms with van der Waals surface area (Å²) in [5.74, 6) is 1.24. The maximum atomic E-state index is 13.2. The van der Waals surface area contributed by atoms with E-state index in [9.17, 15) is 4.39 Å². The summed E-state index contributed by atoms with van der Waals surface area (Å²) in [4.78, 5) is 8.45. The van der Waals surface area contributed by atoms with Crippen molar-refractivity contribution >= 4 is 17.3 Å². The van der Waals surface area contributed by atoms with E-state index in [1.165, 1.54) is 18.5 Å². The van der Waals surface area contributed by atoms with Crippen LogP contribution in [0.2, 0.25) is 0 Å². The molecule has 0 amide bonds. The van der Waals surface area contributed by atoms with Crippen LogP contribution in [0.1, 0.15) is 18.9 Å². The molecular formula is C14H17FN4. The Hall–Kier alpha value is -2.17. The number of hydrogen-bond donors (Lipinski definition) is 2. The van der Waals surface area contributed by atoms with Crippen LogP contribution in [-0.2, 0) is 6.42 Å². The van der Waals surface area contributed by atoms with E-state index in [-0.39, 0.29) is 5.82 Å². The van der Waals surface area contributed by atoms with Crippen LogP contribution in [0.5, 0.6) is 0 Å². The summed E-state index contributed by atoms with van der Waals surface area (Å²) in [5.41, 5.74) is 1.69. The molecule has 1 aromatic carbocycles. The van der Waals surface area contributed by atoms with Crippen molar-refractivity contribution in [3.05, 3.63) is 42.0 Å². The first-order valence-corrected chi connectivity index (χ1v) is 6.28. The molecule has 1 heterocycles. The molecule has 0 aliphatic heterocycles. The lowest BCUT2D eigenvalue weighted by molar-refractivity contribution is 0.628. The highest BCUT2D eigenvalue weighted by Gasteiger charge is 2.10. The molecule has 2 aromatic rings. The second-order valence-corrected chi connectivity index (χ2v) is 4.18. The molecule has 5 heteroatoms. The first-order chi connectivity index (χ1) is 9.24. The number of hydrogen-bond acceptors (Lipinski definition) is 4. The minimum atomic E-state index is -0.273. The average Bonchev–Trinajstić information content (AvgIpc) is 2.41. The van der Waals surface area contributed by atoms with Crippen molar-refractivity contribution in [1.82, 2.24) is 9.97 Å². The summed E-state index contributed by atoms with van der Waals surface area (Å²) >= 11 is 0. The highest BCUT2D eigenvalue weighted by molar-refractivity contribution is 5.64. The van der Waals surface area contributed by atoms with E-state index in [0.717, 1.165) is 24.2 Å². The zero-order valence-electron chi connectivity index (χ0n) is 11.1. The fraction of sp³-hybridized carbons (Fsp3) is 0.286. The van der Waals surface area contributed by atoms with Gasteiger partial charge in [0.25, 0.3) is 0 Å². The third-order valence-corrected chi connectivity index (χ3v) is 2.77. The van der Waals surface area contributed by atoms with Crippen molar-refractivity contribution < 1.29 is 4.39 Å². The molecule has 0 spiro atoms. The average molecular weight is 260 g/mol. The van der Waals surface area contributed by atoms with Crippen LogP contribution < -0.4 is 10.6 Å². The van der Waals surface area contributed by atoms with Gasteiger partial charge in [-0.25, -0.2) is 14.4 Å². The molecule has 0 aliphatic rings. The van der Waals surface area contributed by atoms with Crippen LogP contribution >= 0.6 is 0 Å². The zero-order chi connectivity index (χ0) is 13.7. The molecule has 0 atom stereocenters. The van der Waals surface area contributed by atoms with Gasteiger partial charge in [0.1, 0.15) is 23.8 Å². The molecule has 0 radical (unpaired) electrons. The number of aromatic nitrogens is 2. The number of rotatable bonds is 5. The largest absolute Gasteiger partial charge is 0.373 e. The Kier molecular flexibility index (Phi) is 4.28. The van der Waals surface area contributed by atoms with Gasteiger partial charge in [-0.1, -0.05) is 19.4 Å². The maximum absolute atomic E-state index is 13.2. The van der Waals surface area contributed by atoms with Crippen molar-refractivity contribution in [2.75, 3.05) is 17.7 Å². The van der Waals surface area contributed by atoms with E-state index in [2.05, 4.69) is 27.5 Å². The summed E-state index contributed by atoms with van der Waals surface area (Å²) in [5, 5.41) is 6.19. The maximum Gasteiger partial charge on any atom is 0.139 e. The molecule has 0 unspecified atom stereocenters.